The predicted octanol–water partition coefficient (Wildman–Crippen LogP) is 7.83. The summed E-state index contributed by atoms with van der Waals surface area (Å²) in [6.07, 6.45) is 3.10. The van der Waals surface area contributed by atoms with Crippen LogP contribution in [0.25, 0.3) is 49.7 Å². The van der Waals surface area contributed by atoms with Crippen LogP contribution in [-0.4, -0.2) is 4.57 Å². The van der Waals surface area contributed by atoms with Gasteiger partial charge >= 0.3 is 0 Å². The van der Waals surface area contributed by atoms with Crippen molar-refractivity contribution in [2.24, 2.45) is 0 Å². The summed E-state index contributed by atoms with van der Waals surface area (Å²) < 4.78 is 2.57. The first-order chi connectivity index (χ1) is 16.8. The fourth-order valence-electron chi connectivity index (χ4n) is 7.00. The topological polar surface area (TPSA) is 4.93 Å². The van der Waals surface area contributed by atoms with Crippen LogP contribution < -0.4 is 0 Å². The highest BCUT2D eigenvalue weighted by atomic mass is 15.0. The third kappa shape index (κ3) is 1.98. The maximum Gasteiger partial charge on any atom is 0.0579 e. The van der Waals surface area contributed by atoms with Gasteiger partial charge in [0.15, 0.2) is 0 Å². The molecule has 0 saturated carbocycles. The Hall–Kier alpha value is -4.10. The second-order valence-electron chi connectivity index (χ2n) is 10.1. The van der Waals surface area contributed by atoms with Gasteiger partial charge in [-0.3, -0.25) is 0 Å². The van der Waals surface area contributed by atoms with Crippen LogP contribution >= 0.6 is 0 Å². The van der Waals surface area contributed by atoms with Crippen molar-refractivity contribution in [2.75, 3.05) is 0 Å². The first-order valence-corrected chi connectivity index (χ1v) is 12.3. The standard InChI is InChI=1S/C33H21N/c1-4-10-23-19(7-1)13-22-16-28-30-17-27-24-11-5-2-8-20(24)14-26(27)29-15-21-9-3-6-12-31(21)34(33(29)30)32(28)18-25(22)23/h1-12,16-18H,13-15H2. The van der Waals surface area contributed by atoms with Gasteiger partial charge in [0.05, 0.1) is 11.0 Å². The van der Waals surface area contributed by atoms with Crippen molar-refractivity contribution in [3.63, 3.8) is 0 Å². The van der Waals surface area contributed by atoms with Crippen molar-refractivity contribution in [3.8, 4) is 27.9 Å². The zero-order valence-electron chi connectivity index (χ0n) is 18.7. The molecule has 0 radical (unpaired) electrons. The summed E-state index contributed by atoms with van der Waals surface area (Å²) >= 11 is 0. The van der Waals surface area contributed by atoms with Gasteiger partial charge in [-0.1, -0.05) is 66.7 Å². The molecule has 5 aromatic carbocycles. The third-order valence-electron chi connectivity index (χ3n) is 8.46. The van der Waals surface area contributed by atoms with Gasteiger partial charge in [0.25, 0.3) is 0 Å². The van der Waals surface area contributed by atoms with E-state index >= 15 is 0 Å². The van der Waals surface area contributed by atoms with E-state index in [0.717, 1.165) is 19.3 Å². The van der Waals surface area contributed by atoms with Crippen LogP contribution in [0.3, 0.4) is 0 Å². The van der Waals surface area contributed by atoms with Gasteiger partial charge in [0.2, 0.25) is 0 Å². The molecule has 2 aliphatic carbocycles. The van der Waals surface area contributed by atoms with Crippen molar-refractivity contribution in [1.29, 1.82) is 0 Å². The number of hydrogen-bond acceptors (Lipinski definition) is 0. The normalized spacial score (nSPS) is 14.1. The minimum Gasteiger partial charge on any atom is -0.309 e. The van der Waals surface area contributed by atoms with Gasteiger partial charge in [0.1, 0.15) is 0 Å². The lowest BCUT2D eigenvalue weighted by Crippen LogP contribution is -2.10. The molecule has 0 saturated heterocycles. The summed E-state index contributed by atoms with van der Waals surface area (Å²) in [6.45, 7) is 0. The summed E-state index contributed by atoms with van der Waals surface area (Å²) in [6, 6.07) is 34.4. The Bertz CT molecular complexity index is 1880. The second kappa shape index (κ2) is 5.87. The quantitative estimate of drug-likeness (QED) is 0.231. The second-order valence-corrected chi connectivity index (χ2v) is 10.1. The van der Waals surface area contributed by atoms with Crippen molar-refractivity contribution in [3.05, 3.63) is 124 Å². The molecule has 1 heteroatoms. The Morgan fingerprint density at radius 1 is 0.471 bits per heavy atom. The van der Waals surface area contributed by atoms with Gasteiger partial charge in [-0.15, -0.1) is 0 Å². The smallest absolute Gasteiger partial charge is 0.0579 e. The number of rotatable bonds is 0. The molecule has 0 atom stereocenters. The molecule has 9 rings (SSSR count). The average Bonchev–Trinajstić information content (AvgIpc) is 3.53. The third-order valence-corrected chi connectivity index (χ3v) is 8.46. The maximum absolute atomic E-state index is 2.57. The molecule has 0 amide bonds. The van der Waals surface area contributed by atoms with Crippen LogP contribution in [0.4, 0.5) is 0 Å². The number of fused-ring (bicyclic) bond motifs is 12. The van der Waals surface area contributed by atoms with Crippen molar-refractivity contribution < 1.29 is 0 Å². The molecule has 0 N–H and O–H groups in total. The van der Waals surface area contributed by atoms with E-state index in [1.54, 1.807) is 0 Å². The lowest BCUT2D eigenvalue weighted by Gasteiger charge is -2.23. The summed E-state index contributed by atoms with van der Waals surface area (Å²) in [5.74, 6) is 0. The van der Waals surface area contributed by atoms with Crippen LogP contribution in [0.15, 0.2) is 91.0 Å². The highest BCUT2D eigenvalue weighted by Gasteiger charge is 2.31. The summed E-state index contributed by atoms with van der Waals surface area (Å²) in [7, 11) is 0. The molecule has 1 aliphatic heterocycles. The molecule has 1 aromatic heterocycles. The number of aromatic nitrogens is 1. The van der Waals surface area contributed by atoms with E-state index in [1.165, 1.54) is 83.1 Å². The van der Waals surface area contributed by atoms with E-state index in [4.69, 9.17) is 0 Å². The Kier molecular flexibility index (Phi) is 3.00. The fraction of sp³-hybridized carbons (Fsp3) is 0.0909. The molecule has 6 aromatic rings. The molecule has 0 bridgehead atoms. The predicted molar refractivity (Wildman–Crippen MR) is 140 cm³/mol. The summed E-state index contributed by atoms with van der Waals surface area (Å²) in [4.78, 5) is 0. The number of para-hydroxylation sites is 1. The van der Waals surface area contributed by atoms with E-state index in [0.29, 0.717) is 0 Å². The molecule has 0 fully saturated rings. The Morgan fingerprint density at radius 2 is 1.15 bits per heavy atom. The van der Waals surface area contributed by atoms with E-state index < -0.39 is 0 Å². The van der Waals surface area contributed by atoms with Crippen LogP contribution in [0.2, 0.25) is 0 Å². The summed E-state index contributed by atoms with van der Waals surface area (Å²) in [5.41, 5.74) is 18.7. The molecule has 0 spiro atoms. The van der Waals surface area contributed by atoms with Crippen LogP contribution in [0.5, 0.6) is 0 Å². The van der Waals surface area contributed by atoms with Crippen LogP contribution in [-0.2, 0) is 19.3 Å². The number of hydrogen-bond donors (Lipinski definition) is 0. The molecule has 158 valence electrons. The SMILES string of the molecule is c1ccc2c(c1)Cc1cc3c4cc5c(c6c4n(c3cc1-2)-c1ccccc1C6)Cc1ccccc1-5. The first kappa shape index (κ1) is 17.4. The average molecular weight is 432 g/mol. The lowest BCUT2D eigenvalue weighted by atomic mass is 9.90. The van der Waals surface area contributed by atoms with Gasteiger partial charge in [-0.05, 0) is 92.7 Å². The minimum atomic E-state index is 1.02. The maximum atomic E-state index is 2.57. The zero-order chi connectivity index (χ0) is 22.0. The van der Waals surface area contributed by atoms with Crippen LogP contribution in [0, 0.1) is 0 Å². The van der Waals surface area contributed by atoms with Crippen molar-refractivity contribution >= 4 is 21.8 Å². The molecule has 3 aliphatic rings. The molecular formula is C33H21N. The zero-order valence-corrected chi connectivity index (χ0v) is 18.7. The van der Waals surface area contributed by atoms with Crippen molar-refractivity contribution in [2.45, 2.75) is 19.3 Å². The first-order valence-electron chi connectivity index (χ1n) is 12.3. The highest BCUT2D eigenvalue weighted by Crippen LogP contribution is 2.49. The van der Waals surface area contributed by atoms with Gasteiger partial charge < -0.3 is 4.57 Å². The minimum absolute atomic E-state index is 1.02. The van der Waals surface area contributed by atoms with E-state index in [-0.39, 0.29) is 0 Å². The molecule has 34 heavy (non-hydrogen) atoms. The van der Waals surface area contributed by atoms with Gasteiger partial charge in [-0.2, -0.15) is 0 Å². The molecule has 0 unspecified atom stereocenters. The van der Waals surface area contributed by atoms with Crippen molar-refractivity contribution in [1.82, 2.24) is 4.57 Å². The largest absolute Gasteiger partial charge is 0.309 e. The monoisotopic (exact) mass is 431 g/mol. The Labute approximate surface area is 197 Å². The van der Waals surface area contributed by atoms with Gasteiger partial charge in [0, 0.05) is 22.9 Å². The Morgan fingerprint density at radius 3 is 2.00 bits per heavy atom. The van der Waals surface area contributed by atoms with Crippen LogP contribution in [0.1, 0.15) is 33.4 Å². The summed E-state index contributed by atoms with van der Waals surface area (Å²) in [5, 5.41) is 2.81. The highest BCUT2D eigenvalue weighted by molar-refractivity contribution is 6.14. The van der Waals surface area contributed by atoms with E-state index in [9.17, 15) is 0 Å². The number of nitrogens with zero attached hydrogens (tertiary/aromatic N) is 1. The lowest BCUT2D eigenvalue weighted by molar-refractivity contribution is 1.02. The van der Waals surface area contributed by atoms with E-state index in [1.807, 2.05) is 0 Å². The van der Waals surface area contributed by atoms with E-state index in [2.05, 4.69) is 95.6 Å². The fourth-order valence-corrected chi connectivity index (χ4v) is 7.00. The van der Waals surface area contributed by atoms with Gasteiger partial charge in [-0.25, -0.2) is 0 Å². The Balaban J connectivity index is 1.47. The molecule has 1 nitrogen and oxygen atoms in total. The molecule has 2 heterocycles. The number of benzene rings is 5. The molecular weight excluding hydrogens is 410 g/mol.